The second-order valence-electron chi connectivity index (χ2n) is 9.10. The SMILES string of the molecule is CC/C=C/CCCCCCCCCCCCCCCC1N=CC[N+]1(CC)C(C)O. The number of quaternary nitrogens is 1. The van der Waals surface area contributed by atoms with Crippen molar-refractivity contribution in [2.24, 2.45) is 4.99 Å². The van der Waals surface area contributed by atoms with Gasteiger partial charge in [-0.1, -0.05) is 89.7 Å². The van der Waals surface area contributed by atoms with E-state index in [9.17, 15) is 5.11 Å². The van der Waals surface area contributed by atoms with Crippen molar-refractivity contribution in [3.8, 4) is 0 Å². The number of rotatable bonds is 19. The van der Waals surface area contributed by atoms with Gasteiger partial charge in [0.05, 0.1) is 12.8 Å². The number of aliphatic hydroxyl groups excluding tert-OH is 1. The van der Waals surface area contributed by atoms with Crippen molar-refractivity contribution in [3.63, 3.8) is 0 Å². The van der Waals surface area contributed by atoms with Crippen molar-refractivity contribution >= 4 is 6.21 Å². The third-order valence-corrected chi connectivity index (χ3v) is 6.86. The lowest BCUT2D eigenvalue weighted by atomic mass is 10.0. The van der Waals surface area contributed by atoms with Crippen molar-refractivity contribution in [1.29, 1.82) is 0 Å². The highest BCUT2D eigenvalue weighted by Gasteiger charge is 2.41. The van der Waals surface area contributed by atoms with Crippen molar-refractivity contribution in [2.75, 3.05) is 13.1 Å². The Balaban J connectivity index is 1.86. The Morgan fingerprint density at radius 3 is 1.86 bits per heavy atom. The second kappa shape index (κ2) is 17.1. The van der Waals surface area contributed by atoms with Crippen molar-refractivity contribution in [3.05, 3.63) is 12.2 Å². The number of allylic oxidation sites excluding steroid dienone is 2. The molecule has 0 bridgehead atoms. The number of unbranched alkanes of at least 4 members (excludes halogenated alkanes) is 13. The standard InChI is InChI=1S/C26H51N2O/c1-4-6-7-8-9-10-11-12-13-14-15-16-17-18-19-20-21-22-26-27-23-24-28(26,5-2)25(3)29/h6-7,23,25-26,29H,4-5,8-22,24H2,1-3H3/q+1/b7-6+. The number of hydrogen-bond donors (Lipinski definition) is 1. The molecular weight excluding hydrogens is 356 g/mol. The summed E-state index contributed by atoms with van der Waals surface area (Å²) in [4.78, 5) is 4.68. The molecule has 3 nitrogen and oxygen atoms in total. The molecule has 0 saturated carbocycles. The predicted molar refractivity (Wildman–Crippen MR) is 128 cm³/mol. The quantitative estimate of drug-likeness (QED) is 0.135. The Morgan fingerprint density at radius 1 is 0.862 bits per heavy atom. The lowest BCUT2D eigenvalue weighted by Crippen LogP contribution is -2.57. The van der Waals surface area contributed by atoms with E-state index in [1.807, 2.05) is 13.1 Å². The highest BCUT2D eigenvalue weighted by Crippen LogP contribution is 2.26. The molecule has 0 amide bonds. The molecule has 3 heteroatoms. The van der Waals surface area contributed by atoms with E-state index in [0.29, 0.717) is 0 Å². The van der Waals surface area contributed by atoms with Crippen LogP contribution < -0.4 is 0 Å². The van der Waals surface area contributed by atoms with Gasteiger partial charge in [0.2, 0.25) is 0 Å². The lowest BCUT2D eigenvalue weighted by Gasteiger charge is -2.40. The molecule has 0 aromatic heterocycles. The summed E-state index contributed by atoms with van der Waals surface area (Å²) in [5.74, 6) is 0. The molecule has 0 spiro atoms. The van der Waals surface area contributed by atoms with E-state index < -0.39 is 0 Å². The zero-order chi connectivity index (χ0) is 21.2. The molecule has 0 aromatic carbocycles. The summed E-state index contributed by atoms with van der Waals surface area (Å²) in [7, 11) is 0. The Bertz CT molecular complexity index is 432. The summed E-state index contributed by atoms with van der Waals surface area (Å²) in [5, 5.41) is 10.2. The first-order valence-electron chi connectivity index (χ1n) is 12.9. The minimum atomic E-state index is -0.310. The molecule has 1 aliphatic heterocycles. The fourth-order valence-corrected chi connectivity index (χ4v) is 4.73. The van der Waals surface area contributed by atoms with Gasteiger partial charge in [0.1, 0.15) is 6.54 Å². The molecule has 29 heavy (non-hydrogen) atoms. The molecule has 3 atom stereocenters. The van der Waals surface area contributed by atoms with Crippen LogP contribution >= 0.6 is 0 Å². The minimum Gasteiger partial charge on any atom is -0.345 e. The number of aliphatic imine (C=N–C) groups is 1. The molecule has 0 fully saturated rings. The molecule has 0 aromatic rings. The minimum absolute atomic E-state index is 0.285. The van der Waals surface area contributed by atoms with Crippen LogP contribution in [0.2, 0.25) is 0 Å². The molecule has 1 N–H and O–H groups in total. The van der Waals surface area contributed by atoms with E-state index in [2.05, 4.69) is 31.0 Å². The third-order valence-electron chi connectivity index (χ3n) is 6.86. The number of hydrogen-bond acceptors (Lipinski definition) is 2. The smallest absolute Gasteiger partial charge is 0.189 e. The zero-order valence-electron chi connectivity index (χ0n) is 20.0. The van der Waals surface area contributed by atoms with Crippen LogP contribution in [0.3, 0.4) is 0 Å². The van der Waals surface area contributed by atoms with E-state index >= 15 is 0 Å². The molecule has 1 heterocycles. The fourth-order valence-electron chi connectivity index (χ4n) is 4.73. The molecule has 0 radical (unpaired) electrons. The van der Waals surface area contributed by atoms with E-state index in [4.69, 9.17) is 0 Å². The summed E-state index contributed by atoms with van der Waals surface area (Å²) in [5.41, 5.74) is 0. The molecular formula is C26H51N2O+. The van der Waals surface area contributed by atoms with E-state index in [1.54, 1.807) is 0 Å². The van der Waals surface area contributed by atoms with Crippen LogP contribution in [-0.2, 0) is 0 Å². The van der Waals surface area contributed by atoms with Gasteiger partial charge in [-0.2, -0.15) is 0 Å². The van der Waals surface area contributed by atoms with Gasteiger partial charge < -0.3 is 5.11 Å². The van der Waals surface area contributed by atoms with Crippen LogP contribution in [-0.4, -0.2) is 41.3 Å². The highest BCUT2D eigenvalue weighted by molar-refractivity contribution is 5.60. The zero-order valence-corrected chi connectivity index (χ0v) is 20.0. The first-order valence-corrected chi connectivity index (χ1v) is 12.9. The van der Waals surface area contributed by atoms with E-state index in [0.717, 1.165) is 24.0 Å². The van der Waals surface area contributed by atoms with E-state index in [1.165, 1.54) is 96.3 Å². The lowest BCUT2D eigenvalue weighted by molar-refractivity contribution is -0.976. The summed E-state index contributed by atoms with van der Waals surface area (Å²) < 4.78 is 0.746. The number of aliphatic hydroxyl groups is 1. The summed E-state index contributed by atoms with van der Waals surface area (Å²) in [6.07, 6.45) is 28.4. The van der Waals surface area contributed by atoms with Gasteiger partial charge in [0.25, 0.3) is 0 Å². The van der Waals surface area contributed by atoms with Gasteiger partial charge in [-0.05, 0) is 32.6 Å². The van der Waals surface area contributed by atoms with Crippen molar-refractivity contribution in [2.45, 2.75) is 136 Å². The molecule has 1 aliphatic rings. The number of nitrogens with zero attached hydrogens (tertiary/aromatic N) is 2. The molecule has 3 unspecified atom stereocenters. The van der Waals surface area contributed by atoms with Crippen LogP contribution in [0.1, 0.15) is 124 Å². The third kappa shape index (κ3) is 10.8. The summed E-state index contributed by atoms with van der Waals surface area (Å²) >= 11 is 0. The Morgan fingerprint density at radius 2 is 1.38 bits per heavy atom. The molecule has 1 rings (SSSR count). The molecule has 170 valence electrons. The van der Waals surface area contributed by atoms with Crippen molar-refractivity contribution < 1.29 is 9.59 Å². The maximum atomic E-state index is 10.2. The van der Waals surface area contributed by atoms with Gasteiger partial charge in [-0.3, -0.25) is 4.48 Å². The first kappa shape index (κ1) is 26.4. The predicted octanol–water partition coefficient (Wildman–Crippen LogP) is 7.39. The van der Waals surface area contributed by atoms with Gasteiger partial charge in [0, 0.05) is 13.3 Å². The van der Waals surface area contributed by atoms with Gasteiger partial charge in [0.15, 0.2) is 12.4 Å². The topological polar surface area (TPSA) is 32.6 Å². The molecule has 0 saturated heterocycles. The largest absolute Gasteiger partial charge is 0.345 e. The van der Waals surface area contributed by atoms with Crippen LogP contribution in [0.25, 0.3) is 0 Å². The average molecular weight is 408 g/mol. The maximum Gasteiger partial charge on any atom is 0.189 e. The average Bonchev–Trinajstić information content (AvgIpc) is 3.14. The van der Waals surface area contributed by atoms with E-state index in [-0.39, 0.29) is 12.4 Å². The highest BCUT2D eigenvalue weighted by atomic mass is 16.3. The second-order valence-corrected chi connectivity index (χ2v) is 9.10. The van der Waals surface area contributed by atoms with Crippen LogP contribution in [0.5, 0.6) is 0 Å². The Labute approximate surface area is 182 Å². The maximum absolute atomic E-state index is 10.2. The molecule has 0 aliphatic carbocycles. The Hall–Kier alpha value is -0.670. The van der Waals surface area contributed by atoms with Gasteiger partial charge in [-0.25, -0.2) is 4.99 Å². The monoisotopic (exact) mass is 407 g/mol. The summed E-state index contributed by atoms with van der Waals surface area (Å²) in [6, 6.07) is 0. The van der Waals surface area contributed by atoms with Crippen LogP contribution in [0.15, 0.2) is 17.1 Å². The first-order chi connectivity index (χ1) is 14.2. The van der Waals surface area contributed by atoms with Gasteiger partial charge >= 0.3 is 0 Å². The fraction of sp³-hybridized carbons (Fsp3) is 0.885. The Kier molecular flexibility index (Phi) is 15.5. The van der Waals surface area contributed by atoms with Crippen molar-refractivity contribution in [1.82, 2.24) is 0 Å². The van der Waals surface area contributed by atoms with Gasteiger partial charge in [-0.15, -0.1) is 0 Å². The van der Waals surface area contributed by atoms with Crippen LogP contribution in [0.4, 0.5) is 0 Å². The normalized spacial score (nSPS) is 22.7. The van der Waals surface area contributed by atoms with Crippen LogP contribution in [0, 0.1) is 0 Å². The summed E-state index contributed by atoms with van der Waals surface area (Å²) in [6.45, 7) is 8.18.